The highest BCUT2D eigenvalue weighted by molar-refractivity contribution is 7.92. The average molecular weight is 640 g/mol. The number of nitrogens with zero attached hydrogens (tertiary/aromatic N) is 2. The Morgan fingerprint density at radius 1 is 0.739 bits per heavy atom. The van der Waals surface area contributed by atoms with E-state index >= 15 is 0 Å². The smallest absolute Gasteiger partial charge is 0.264 e. The maximum absolute atomic E-state index is 14.6. The second kappa shape index (κ2) is 15.2. The second-order valence-corrected chi connectivity index (χ2v) is 14.3. The van der Waals surface area contributed by atoms with E-state index in [1.165, 1.54) is 9.21 Å². The van der Waals surface area contributed by atoms with E-state index in [1.54, 1.807) is 30.3 Å². The molecule has 242 valence electrons. The van der Waals surface area contributed by atoms with Gasteiger partial charge in [0.05, 0.1) is 10.6 Å². The summed E-state index contributed by atoms with van der Waals surface area (Å²) in [6, 6.07) is 28.7. The highest BCUT2D eigenvalue weighted by atomic mass is 32.2. The zero-order valence-corrected chi connectivity index (χ0v) is 28.5. The molecule has 0 aromatic heterocycles. The van der Waals surface area contributed by atoms with Gasteiger partial charge in [0, 0.05) is 19.5 Å². The molecule has 0 saturated carbocycles. The van der Waals surface area contributed by atoms with Crippen LogP contribution in [0.3, 0.4) is 0 Å². The van der Waals surface area contributed by atoms with Crippen molar-refractivity contribution in [2.24, 2.45) is 5.92 Å². The minimum Gasteiger partial charge on any atom is -0.354 e. The number of anilines is 1. The fourth-order valence-corrected chi connectivity index (χ4v) is 6.68. The lowest BCUT2D eigenvalue weighted by molar-refractivity contribution is -0.140. The van der Waals surface area contributed by atoms with Gasteiger partial charge in [-0.15, -0.1) is 0 Å². The summed E-state index contributed by atoms with van der Waals surface area (Å²) in [6.45, 7) is 11.7. The van der Waals surface area contributed by atoms with Crippen molar-refractivity contribution in [3.05, 3.63) is 130 Å². The van der Waals surface area contributed by atoms with Crippen molar-refractivity contribution in [2.45, 2.75) is 65.4 Å². The van der Waals surface area contributed by atoms with Crippen molar-refractivity contribution in [1.29, 1.82) is 0 Å². The Morgan fingerprint density at radius 3 is 1.93 bits per heavy atom. The van der Waals surface area contributed by atoms with Crippen LogP contribution in [0, 0.1) is 33.6 Å². The first-order valence-electron chi connectivity index (χ1n) is 15.7. The number of aryl methyl sites for hydroxylation is 4. The molecule has 0 aliphatic rings. The molecule has 0 radical (unpaired) electrons. The summed E-state index contributed by atoms with van der Waals surface area (Å²) >= 11 is 0. The first kappa shape index (κ1) is 34.4. The lowest BCUT2D eigenvalue weighted by atomic mass is 10.0. The number of sulfonamides is 1. The maximum atomic E-state index is 14.6. The largest absolute Gasteiger partial charge is 0.354 e. The second-order valence-electron chi connectivity index (χ2n) is 12.5. The van der Waals surface area contributed by atoms with Crippen molar-refractivity contribution in [2.75, 3.05) is 17.4 Å². The van der Waals surface area contributed by atoms with Gasteiger partial charge in [-0.25, -0.2) is 8.42 Å². The molecule has 0 bridgehead atoms. The van der Waals surface area contributed by atoms with Crippen LogP contribution in [0.15, 0.2) is 102 Å². The third-order valence-corrected chi connectivity index (χ3v) is 9.72. The summed E-state index contributed by atoms with van der Waals surface area (Å²) < 4.78 is 29.8. The molecule has 0 heterocycles. The van der Waals surface area contributed by atoms with Crippen LogP contribution in [0.1, 0.15) is 47.2 Å². The molecule has 4 aromatic carbocycles. The van der Waals surface area contributed by atoms with Gasteiger partial charge in [-0.05, 0) is 74.1 Å². The third kappa shape index (κ3) is 8.85. The number of rotatable bonds is 13. The number of nitrogens with one attached hydrogen (secondary N) is 1. The van der Waals surface area contributed by atoms with E-state index < -0.39 is 28.5 Å². The number of carbonyl (C=O) groups is 2. The SMILES string of the molecule is Cc1ccc(CN(C(=O)CN(c2cc(C)ccc2C)S(=O)(=O)c2ccc(C)cc2)C(Cc2ccccc2)C(=O)NCC(C)C)cc1. The van der Waals surface area contributed by atoms with Crippen LogP contribution < -0.4 is 9.62 Å². The predicted octanol–water partition coefficient (Wildman–Crippen LogP) is 6.53. The monoisotopic (exact) mass is 639 g/mol. The van der Waals surface area contributed by atoms with Crippen molar-refractivity contribution in [1.82, 2.24) is 10.2 Å². The van der Waals surface area contributed by atoms with E-state index in [2.05, 4.69) is 5.32 Å². The molecule has 4 aromatic rings. The molecule has 1 unspecified atom stereocenters. The molecule has 4 rings (SSSR count). The van der Waals surface area contributed by atoms with Crippen molar-refractivity contribution in [3.8, 4) is 0 Å². The Bertz CT molecular complexity index is 1740. The van der Waals surface area contributed by atoms with Crippen LogP contribution in [0.25, 0.3) is 0 Å². The molecular weight excluding hydrogens is 595 g/mol. The zero-order chi connectivity index (χ0) is 33.4. The number of hydrogen-bond donors (Lipinski definition) is 1. The van der Waals surface area contributed by atoms with Crippen LogP contribution in [0.2, 0.25) is 0 Å². The Balaban J connectivity index is 1.82. The van der Waals surface area contributed by atoms with E-state index in [4.69, 9.17) is 0 Å². The molecule has 1 N–H and O–H groups in total. The van der Waals surface area contributed by atoms with Crippen LogP contribution in [-0.4, -0.2) is 44.3 Å². The van der Waals surface area contributed by atoms with E-state index in [-0.39, 0.29) is 29.7 Å². The molecule has 2 amide bonds. The Labute approximate surface area is 274 Å². The van der Waals surface area contributed by atoms with Gasteiger partial charge in [-0.3, -0.25) is 13.9 Å². The quantitative estimate of drug-likeness (QED) is 0.180. The van der Waals surface area contributed by atoms with E-state index in [0.29, 0.717) is 12.2 Å². The van der Waals surface area contributed by atoms with E-state index in [1.807, 2.05) is 108 Å². The van der Waals surface area contributed by atoms with Gasteiger partial charge < -0.3 is 10.2 Å². The fraction of sp³-hybridized carbons (Fsp3) is 0.316. The molecule has 0 spiro atoms. The first-order valence-corrected chi connectivity index (χ1v) is 17.1. The number of benzene rings is 4. The van der Waals surface area contributed by atoms with Gasteiger partial charge in [0.25, 0.3) is 10.0 Å². The first-order chi connectivity index (χ1) is 21.8. The van der Waals surface area contributed by atoms with Gasteiger partial charge in [0.15, 0.2) is 0 Å². The number of hydrogen-bond acceptors (Lipinski definition) is 4. The fourth-order valence-electron chi connectivity index (χ4n) is 5.21. The highest BCUT2D eigenvalue weighted by Crippen LogP contribution is 2.29. The third-order valence-electron chi connectivity index (χ3n) is 7.95. The topological polar surface area (TPSA) is 86.8 Å². The lowest BCUT2D eigenvalue weighted by Crippen LogP contribution is -2.53. The molecule has 46 heavy (non-hydrogen) atoms. The van der Waals surface area contributed by atoms with Crippen LogP contribution in [0.5, 0.6) is 0 Å². The predicted molar refractivity (Wildman–Crippen MR) is 185 cm³/mol. The minimum absolute atomic E-state index is 0.0902. The summed E-state index contributed by atoms with van der Waals surface area (Å²) in [5, 5.41) is 3.03. The van der Waals surface area contributed by atoms with Crippen LogP contribution in [-0.2, 0) is 32.6 Å². The Hall–Kier alpha value is -4.43. The van der Waals surface area contributed by atoms with Crippen molar-refractivity contribution in [3.63, 3.8) is 0 Å². The summed E-state index contributed by atoms with van der Waals surface area (Å²) in [5.74, 6) is -0.544. The Kier molecular flexibility index (Phi) is 11.4. The normalized spacial score (nSPS) is 12.1. The summed E-state index contributed by atoms with van der Waals surface area (Å²) in [4.78, 5) is 30.2. The molecule has 0 saturated heterocycles. The van der Waals surface area contributed by atoms with Crippen molar-refractivity contribution < 1.29 is 18.0 Å². The summed E-state index contributed by atoms with van der Waals surface area (Å²) in [5.41, 5.74) is 5.74. The molecule has 0 aliphatic heterocycles. The van der Waals surface area contributed by atoms with Gasteiger partial charge in [0.2, 0.25) is 11.8 Å². The number of amides is 2. The molecule has 8 heteroatoms. The van der Waals surface area contributed by atoms with Gasteiger partial charge in [0.1, 0.15) is 12.6 Å². The lowest BCUT2D eigenvalue weighted by Gasteiger charge is -2.34. The molecular formula is C38H45N3O4S. The van der Waals surface area contributed by atoms with E-state index in [0.717, 1.165) is 33.4 Å². The summed E-state index contributed by atoms with van der Waals surface area (Å²) in [6.07, 6.45) is 0.274. The number of carbonyl (C=O) groups excluding carboxylic acids is 2. The van der Waals surface area contributed by atoms with Crippen LogP contribution >= 0.6 is 0 Å². The van der Waals surface area contributed by atoms with Gasteiger partial charge >= 0.3 is 0 Å². The van der Waals surface area contributed by atoms with Gasteiger partial charge in [-0.1, -0.05) is 104 Å². The molecule has 0 aliphatic carbocycles. The highest BCUT2D eigenvalue weighted by Gasteiger charge is 2.35. The summed E-state index contributed by atoms with van der Waals surface area (Å²) in [7, 11) is -4.16. The minimum atomic E-state index is -4.16. The van der Waals surface area contributed by atoms with Crippen LogP contribution in [0.4, 0.5) is 5.69 Å². The van der Waals surface area contributed by atoms with Gasteiger partial charge in [-0.2, -0.15) is 0 Å². The van der Waals surface area contributed by atoms with Crippen molar-refractivity contribution >= 4 is 27.5 Å². The maximum Gasteiger partial charge on any atom is 0.264 e. The standard InChI is InChI=1S/C38H45N3O4S/c1-27(2)24-39-38(43)36(23-32-10-8-7-9-11-32)40(25-33-18-13-28(3)14-19-33)37(42)26-41(35-22-30(5)12-17-31(35)6)46(44,45)34-20-15-29(4)16-21-34/h7-22,27,36H,23-26H2,1-6H3,(H,39,43). The average Bonchev–Trinajstić information content (AvgIpc) is 3.03. The molecule has 7 nitrogen and oxygen atoms in total. The molecule has 0 fully saturated rings. The van der Waals surface area contributed by atoms with E-state index in [9.17, 15) is 18.0 Å². The molecule has 1 atom stereocenters. The Morgan fingerprint density at radius 2 is 1.33 bits per heavy atom. The zero-order valence-electron chi connectivity index (χ0n) is 27.7.